The Morgan fingerprint density at radius 2 is 1.80 bits per heavy atom. The van der Waals surface area contributed by atoms with E-state index in [1.54, 1.807) is 24.0 Å². The van der Waals surface area contributed by atoms with Gasteiger partial charge in [0, 0.05) is 38.8 Å². The summed E-state index contributed by atoms with van der Waals surface area (Å²) in [4.78, 5) is 13.2. The van der Waals surface area contributed by atoms with Crippen LogP contribution in [0, 0.1) is 6.92 Å². The summed E-state index contributed by atoms with van der Waals surface area (Å²) in [7, 11) is -3.52. The Morgan fingerprint density at radius 3 is 2.30 bits per heavy atom. The summed E-state index contributed by atoms with van der Waals surface area (Å²) in [6.07, 6.45) is 0. The van der Waals surface area contributed by atoms with E-state index >= 15 is 0 Å². The van der Waals surface area contributed by atoms with E-state index in [2.05, 4.69) is 0 Å². The highest BCUT2D eigenvalue weighted by Crippen LogP contribution is 2.22. The number of amides is 1. The molecule has 1 aromatic carbocycles. The van der Waals surface area contributed by atoms with Crippen LogP contribution < -0.4 is 5.73 Å². The van der Waals surface area contributed by atoms with Gasteiger partial charge in [-0.1, -0.05) is 0 Å². The van der Waals surface area contributed by atoms with Gasteiger partial charge in [-0.3, -0.25) is 4.79 Å². The average molecular weight is 297 g/mol. The van der Waals surface area contributed by atoms with Gasteiger partial charge in [-0.2, -0.15) is 4.31 Å². The van der Waals surface area contributed by atoms with Crippen LogP contribution in [-0.4, -0.2) is 49.7 Å². The maximum absolute atomic E-state index is 12.6. The number of carbonyl (C=O) groups is 1. The molecule has 0 saturated carbocycles. The minimum atomic E-state index is -3.52. The Kier molecular flexibility index (Phi) is 4.01. The lowest BCUT2D eigenvalue weighted by atomic mass is 10.2. The Morgan fingerprint density at radius 1 is 1.20 bits per heavy atom. The highest BCUT2D eigenvalue weighted by atomic mass is 32.2. The molecule has 2 rings (SSSR count). The van der Waals surface area contributed by atoms with Gasteiger partial charge in [0.1, 0.15) is 0 Å². The maximum atomic E-state index is 12.6. The van der Waals surface area contributed by atoms with E-state index in [9.17, 15) is 13.2 Å². The normalized spacial score (nSPS) is 17.2. The molecule has 7 heteroatoms. The van der Waals surface area contributed by atoms with Crippen LogP contribution in [0.5, 0.6) is 0 Å². The van der Waals surface area contributed by atoms with Crippen LogP contribution in [0.4, 0.5) is 5.69 Å². The highest BCUT2D eigenvalue weighted by molar-refractivity contribution is 7.89. The lowest BCUT2D eigenvalue weighted by Crippen LogP contribution is -2.50. The summed E-state index contributed by atoms with van der Waals surface area (Å²) in [6.45, 7) is 4.74. The second kappa shape index (κ2) is 5.41. The van der Waals surface area contributed by atoms with Crippen molar-refractivity contribution in [3.8, 4) is 0 Å². The minimum Gasteiger partial charge on any atom is -0.399 e. The number of aryl methyl sites for hydroxylation is 1. The van der Waals surface area contributed by atoms with Crippen molar-refractivity contribution in [3.05, 3.63) is 23.8 Å². The van der Waals surface area contributed by atoms with Gasteiger partial charge in [-0.25, -0.2) is 8.42 Å². The first-order valence-electron chi connectivity index (χ1n) is 6.44. The van der Waals surface area contributed by atoms with Gasteiger partial charge in [-0.15, -0.1) is 0 Å². The summed E-state index contributed by atoms with van der Waals surface area (Å²) in [5.41, 5.74) is 6.83. The lowest BCUT2D eigenvalue weighted by molar-refractivity contribution is -0.129. The highest BCUT2D eigenvalue weighted by Gasteiger charge is 2.30. The maximum Gasteiger partial charge on any atom is 0.243 e. The minimum absolute atomic E-state index is 0.0225. The molecule has 0 aliphatic carbocycles. The van der Waals surface area contributed by atoms with Gasteiger partial charge in [0.05, 0.1) is 4.90 Å². The van der Waals surface area contributed by atoms with Crippen molar-refractivity contribution >= 4 is 21.6 Å². The number of piperazine rings is 1. The smallest absolute Gasteiger partial charge is 0.243 e. The Balaban J connectivity index is 2.22. The molecule has 1 amide bonds. The molecule has 0 unspecified atom stereocenters. The van der Waals surface area contributed by atoms with Crippen molar-refractivity contribution in [1.29, 1.82) is 0 Å². The number of benzene rings is 1. The average Bonchev–Trinajstić information content (AvgIpc) is 2.38. The third-order valence-corrected chi connectivity index (χ3v) is 5.56. The zero-order valence-electron chi connectivity index (χ0n) is 11.7. The van der Waals surface area contributed by atoms with E-state index in [4.69, 9.17) is 5.73 Å². The second-order valence-electron chi connectivity index (χ2n) is 4.94. The summed E-state index contributed by atoms with van der Waals surface area (Å²) < 4.78 is 26.6. The molecule has 20 heavy (non-hydrogen) atoms. The first kappa shape index (κ1) is 14.8. The van der Waals surface area contributed by atoms with Crippen LogP contribution in [0.15, 0.2) is 23.1 Å². The number of rotatable bonds is 2. The summed E-state index contributed by atoms with van der Waals surface area (Å²) in [6, 6.07) is 4.78. The predicted octanol–water partition coefficient (Wildman–Crippen LogP) is 0.430. The fourth-order valence-electron chi connectivity index (χ4n) is 2.34. The first-order valence-corrected chi connectivity index (χ1v) is 7.88. The van der Waals surface area contributed by atoms with Crippen LogP contribution in [-0.2, 0) is 14.8 Å². The fourth-order valence-corrected chi connectivity index (χ4v) is 3.97. The van der Waals surface area contributed by atoms with Crippen molar-refractivity contribution in [2.75, 3.05) is 31.9 Å². The van der Waals surface area contributed by atoms with Gasteiger partial charge in [-0.05, 0) is 30.7 Å². The topological polar surface area (TPSA) is 83.7 Å². The number of carbonyl (C=O) groups excluding carboxylic acids is 1. The molecule has 1 aromatic rings. The van der Waals surface area contributed by atoms with Crippen molar-refractivity contribution in [3.63, 3.8) is 0 Å². The van der Waals surface area contributed by atoms with Crippen LogP contribution in [0.2, 0.25) is 0 Å². The molecule has 1 heterocycles. The molecule has 0 spiro atoms. The summed E-state index contributed by atoms with van der Waals surface area (Å²) >= 11 is 0. The molecule has 0 radical (unpaired) electrons. The van der Waals surface area contributed by atoms with E-state index in [-0.39, 0.29) is 10.8 Å². The van der Waals surface area contributed by atoms with Gasteiger partial charge in [0.25, 0.3) is 0 Å². The molecule has 1 aliphatic rings. The van der Waals surface area contributed by atoms with Gasteiger partial charge < -0.3 is 10.6 Å². The third kappa shape index (κ3) is 2.78. The number of nitrogens with zero attached hydrogens (tertiary/aromatic N) is 2. The van der Waals surface area contributed by atoms with Gasteiger partial charge in [0.2, 0.25) is 15.9 Å². The Bertz CT molecular complexity index is 620. The molecule has 0 aromatic heterocycles. The molecule has 6 nitrogen and oxygen atoms in total. The predicted molar refractivity (Wildman–Crippen MR) is 76.6 cm³/mol. The largest absolute Gasteiger partial charge is 0.399 e. The molecule has 0 atom stereocenters. The van der Waals surface area contributed by atoms with E-state index in [1.807, 2.05) is 0 Å². The van der Waals surface area contributed by atoms with E-state index in [1.165, 1.54) is 17.3 Å². The molecule has 1 saturated heterocycles. The third-order valence-electron chi connectivity index (χ3n) is 3.50. The number of hydrogen-bond donors (Lipinski definition) is 1. The van der Waals surface area contributed by atoms with Crippen molar-refractivity contribution in [2.24, 2.45) is 0 Å². The number of sulfonamides is 1. The van der Waals surface area contributed by atoms with Crippen LogP contribution in [0.1, 0.15) is 12.5 Å². The summed E-state index contributed by atoms with van der Waals surface area (Å²) in [5.74, 6) is -0.0225. The van der Waals surface area contributed by atoms with Crippen LogP contribution in [0.25, 0.3) is 0 Å². The molecule has 0 bridgehead atoms. The molecule has 1 aliphatic heterocycles. The fraction of sp³-hybridized carbons (Fsp3) is 0.462. The van der Waals surface area contributed by atoms with Crippen molar-refractivity contribution in [1.82, 2.24) is 9.21 Å². The zero-order chi connectivity index (χ0) is 14.9. The molecule has 110 valence electrons. The van der Waals surface area contributed by atoms with Crippen LogP contribution in [0.3, 0.4) is 0 Å². The number of nitrogen functional groups attached to an aromatic ring is 1. The molecular formula is C13H19N3O3S. The molecule has 1 fully saturated rings. The Hall–Kier alpha value is -1.60. The van der Waals surface area contributed by atoms with Crippen LogP contribution >= 0.6 is 0 Å². The van der Waals surface area contributed by atoms with Gasteiger partial charge in [0.15, 0.2) is 0 Å². The quantitative estimate of drug-likeness (QED) is 0.802. The van der Waals surface area contributed by atoms with E-state index < -0.39 is 10.0 Å². The second-order valence-corrected chi connectivity index (χ2v) is 6.84. The molecular weight excluding hydrogens is 278 g/mol. The number of hydrogen-bond acceptors (Lipinski definition) is 4. The van der Waals surface area contributed by atoms with Gasteiger partial charge >= 0.3 is 0 Å². The van der Waals surface area contributed by atoms with E-state index in [0.717, 1.165) is 0 Å². The lowest BCUT2D eigenvalue weighted by Gasteiger charge is -2.33. The first-order chi connectivity index (χ1) is 9.32. The monoisotopic (exact) mass is 297 g/mol. The number of anilines is 1. The van der Waals surface area contributed by atoms with Crippen molar-refractivity contribution in [2.45, 2.75) is 18.7 Å². The zero-order valence-corrected chi connectivity index (χ0v) is 12.5. The molecule has 2 N–H and O–H groups in total. The number of nitrogens with two attached hydrogens (primary N) is 1. The Labute approximate surface area is 119 Å². The van der Waals surface area contributed by atoms with E-state index in [0.29, 0.717) is 37.4 Å². The summed E-state index contributed by atoms with van der Waals surface area (Å²) in [5, 5.41) is 0. The van der Waals surface area contributed by atoms with Crippen molar-refractivity contribution < 1.29 is 13.2 Å². The standard InChI is InChI=1S/C13H19N3O3S/c1-10-9-12(14)3-4-13(10)20(18,19)16-7-5-15(6-8-16)11(2)17/h3-4,9H,5-8,14H2,1-2H3. The SMILES string of the molecule is CC(=O)N1CCN(S(=O)(=O)c2ccc(N)cc2C)CC1.